The van der Waals surface area contributed by atoms with E-state index in [-0.39, 0.29) is 12.6 Å². The molecule has 2 aromatic rings. The molecule has 5 nitrogen and oxygen atoms in total. The van der Waals surface area contributed by atoms with Gasteiger partial charge in [-0.05, 0) is 31.4 Å². The second kappa shape index (κ2) is 8.10. The molecule has 1 aromatic carbocycles. The Bertz CT molecular complexity index is 627. The lowest BCUT2D eigenvalue weighted by molar-refractivity contribution is 0.0637. The van der Waals surface area contributed by atoms with Gasteiger partial charge < -0.3 is 20.5 Å². The Hall–Kier alpha value is -1.89. The number of para-hydroxylation sites is 1. The average molecular weight is 334 g/mol. The number of aliphatic hydroxyl groups is 1. The molecule has 0 aliphatic heterocycles. The number of hydrogen-bond donors (Lipinski definition) is 3. The maximum Gasteiger partial charge on any atom is 0.319 e. The summed E-state index contributed by atoms with van der Waals surface area (Å²) in [5.74, 6) is 0. The van der Waals surface area contributed by atoms with Crippen LogP contribution < -0.4 is 10.6 Å². The zero-order valence-corrected chi connectivity index (χ0v) is 14.2. The standard InChI is InChI=1S/C17H22N2O3S/c1-3-22-11-13-7-4-5-8-14(13)19-16(20)18-12-17(2,21)15-9-6-10-23-15/h4-10,21H,3,11-12H2,1-2H3,(H2,18,19,20)/t17-/m0/s1. The summed E-state index contributed by atoms with van der Waals surface area (Å²) in [4.78, 5) is 12.9. The topological polar surface area (TPSA) is 70.6 Å². The molecule has 6 heteroatoms. The van der Waals surface area contributed by atoms with E-state index in [0.717, 1.165) is 10.4 Å². The molecule has 23 heavy (non-hydrogen) atoms. The third-order valence-electron chi connectivity index (χ3n) is 3.37. The fourth-order valence-electron chi connectivity index (χ4n) is 2.07. The summed E-state index contributed by atoms with van der Waals surface area (Å²) in [5, 5.41) is 17.8. The van der Waals surface area contributed by atoms with E-state index in [1.165, 1.54) is 11.3 Å². The van der Waals surface area contributed by atoms with Gasteiger partial charge in [0.2, 0.25) is 0 Å². The van der Waals surface area contributed by atoms with Crippen LogP contribution in [-0.4, -0.2) is 24.3 Å². The quantitative estimate of drug-likeness (QED) is 0.727. The largest absolute Gasteiger partial charge is 0.383 e. The van der Waals surface area contributed by atoms with Crippen LogP contribution in [-0.2, 0) is 16.9 Å². The van der Waals surface area contributed by atoms with Crippen LogP contribution >= 0.6 is 11.3 Å². The molecule has 124 valence electrons. The minimum atomic E-state index is -1.09. The molecule has 1 atom stereocenters. The molecule has 1 aromatic heterocycles. The van der Waals surface area contributed by atoms with E-state index in [9.17, 15) is 9.90 Å². The van der Waals surface area contributed by atoms with Gasteiger partial charge in [0.05, 0.1) is 13.2 Å². The number of hydrogen-bond acceptors (Lipinski definition) is 4. The molecule has 0 aliphatic carbocycles. The number of carbonyl (C=O) groups is 1. The summed E-state index contributed by atoms with van der Waals surface area (Å²) in [6.07, 6.45) is 0. The maximum atomic E-state index is 12.1. The third-order valence-corrected chi connectivity index (χ3v) is 4.50. The Morgan fingerprint density at radius 1 is 1.30 bits per heavy atom. The highest BCUT2D eigenvalue weighted by atomic mass is 32.1. The second-order valence-electron chi connectivity index (χ2n) is 5.35. The molecular formula is C17H22N2O3S. The number of benzene rings is 1. The van der Waals surface area contributed by atoms with Crippen LogP contribution in [0.1, 0.15) is 24.3 Å². The van der Waals surface area contributed by atoms with Crippen molar-refractivity contribution < 1.29 is 14.6 Å². The van der Waals surface area contributed by atoms with Crippen molar-refractivity contribution in [2.24, 2.45) is 0 Å². The van der Waals surface area contributed by atoms with Crippen molar-refractivity contribution in [3.63, 3.8) is 0 Å². The lowest BCUT2D eigenvalue weighted by atomic mass is 10.1. The highest BCUT2D eigenvalue weighted by Gasteiger charge is 2.24. The van der Waals surface area contributed by atoms with Crippen LogP contribution in [0.5, 0.6) is 0 Å². The molecule has 0 fully saturated rings. The summed E-state index contributed by atoms with van der Waals surface area (Å²) in [6.45, 7) is 4.80. The van der Waals surface area contributed by atoms with Crippen LogP contribution in [0.2, 0.25) is 0 Å². The van der Waals surface area contributed by atoms with Crippen LogP contribution in [0.25, 0.3) is 0 Å². The van der Waals surface area contributed by atoms with E-state index in [0.29, 0.717) is 18.9 Å². The van der Waals surface area contributed by atoms with Gasteiger partial charge in [-0.25, -0.2) is 4.79 Å². The predicted octanol–water partition coefficient (Wildman–Crippen LogP) is 3.31. The van der Waals surface area contributed by atoms with Gasteiger partial charge in [-0.15, -0.1) is 11.3 Å². The number of ether oxygens (including phenoxy) is 1. The van der Waals surface area contributed by atoms with Gasteiger partial charge in [0.25, 0.3) is 0 Å². The number of carbonyl (C=O) groups excluding carboxylic acids is 1. The Balaban J connectivity index is 1.92. The average Bonchev–Trinajstić information content (AvgIpc) is 3.08. The molecular weight excluding hydrogens is 312 g/mol. The molecule has 0 spiro atoms. The van der Waals surface area contributed by atoms with Crippen molar-refractivity contribution in [3.8, 4) is 0 Å². The maximum absolute atomic E-state index is 12.1. The van der Waals surface area contributed by atoms with Crippen molar-refractivity contribution >= 4 is 23.1 Å². The fourth-order valence-corrected chi connectivity index (χ4v) is 2.86. The summed E-state index contributed by atoms with van der Waals surface area (Å²) in [7, 11) is 0. The van der Waals surface area contributed by atoms with E-state index in [4.69, 9.17) is 4.74 Å². The SMILES string of the molecule is CCOCc1ccccc1NC(=O)NC[C@](C)(O)c1cccs1. The summed E-state index contributed by atoms with van der Waals surface area (Å²) in [5.41, 5.74) is 0.528. The molecule has 0 bridgehead atoms. The van der Waals surface area contributed by atoms with Crippen LogP contribution in [0, 0.1) is 0 Å². The van der Waals surface area contributed by atoms with Gasteiger partial charge in [0, 0.05) is 22.7 Å². The molecule has 0 radical (unpaired) electrons. The number of anilines is 1. The Kier molecular flexibility index (Phi) is 6.15. The normalized spacial score (nSPS) is 13.3. The minimum Gasteiger partial charge on any atom is -0.383 e. The van der Waals surface area contributed by atoms with Gasteiger partial charge in [0.1, 0.15) is 5.60 Å². The zero-order chi connectivity index (χ0) is 16.7. The van der Waals surface area contributed by atoms with E-state index in [1.807, 2.05) is 48.7 Å². The van der Waals surface area contributed by atoms with Gasteiger partial charge in [-0.3, -0.25) is 0 Å². The molecule has 0 aliphatic rings. The monoisotopic (exact) mass is 334 g/mol. The van der Waals surface area contributed by atoms with Crippen molar-refractivity contribution in [3.05, 3.63) is 52.2 Å². The lowest BCUT2D eigenvalue weighted by Gasteiger charge is -2.22. The van der Waals surface area contributed by atoms with Crippen molar-refractivity contribution in [1.29, 1.82) is 0 Å². The zero-order valence-electron chi connectivity index (χ0n) is 13.3. The van der Waals surface area contributed by atoms with Crippen LogP contribution in [0.4, 0.5) is 10.5 Å². The summed E-state index contributed by atoms with van der Waals surface area (Å²) >= 11 is 1.46. The van der Waals surface area contributed by atoms with Gasteiger partial charge in [-0.2, -0.15) is 0 Å². The number of nitrogens with one attached hydrogen (secondary N) is 2. The van der Waals surface area contributed by atoms with Gasteiger partial charge >= 0.3 is 6.03 Å². The number of amides is 2. The highest BCUT2D eigenvalue weighted by Crippen LogP contribution is 2.24. The highest BCUT2D eigenvalue weighted by molar-refractivity contribution is 7.10. The molecule has 0 unspecified atom stereocenters. The number of rotatable bonds is 7. The van der Waals surface area contributed by atoms with Crippen molar-refractivity contribution in [2.75, 3.05) is 18.5 Å². The molecule has 2 amide bonds. The summed E-state index contributed by atoms with van der Waals surface area (Å²) in [6, 6.07) is 10.9. The van der Waals surface area contributed by atoms with Crippen molar-refractivity contribution in [1.82, 2.24) is 5.32 Å². The van der Waals surface area contributed by atoms with Crippen LogP contribution in [0.15, 0.2) is 41.8 Å². The van der Waals surface area contributed by atoms with Gasteiger partial charge in [-0.1, -0.05) is 24.3 Å². The molecule has 2 rings (SSSR count). The lowest BCUT2D eigenvalue weighted by Crippen LogP contribution is -2.40. The number of thiophene rings is 1. The number of urea groups is 1. The smallest absolute Gasteiger partial charge is 0.319 e. The fraction of sp³-hybridized carbons (Fsp3) is 0.353. The Morgan fingerprint density at radius 2 is 2.09 bits per heavy atom. The van der Waals surface area contributed by atoms with Gasteiger partial charge in [0.15, 0.2) is 0 Å². The first kappa shape index (κ1) is 17.5. The minimum absolute atomic E-state index is 0.132. The van der Waals surface area contributed by atoms with E-state index in [1.54, 1.807) is 6.92 Å². The first-order valence-corrected chi connectivity index (χ1v) is 8.38. The Morgan fingerprint density at radius 3 is 2.78 bits per heavy atom. The first-order chi connectivity index (χ1) is 11.0. The Labute approximate surface area is 140 Å². The molecule has 0 saturated carbocycles. The van der Waals surface area contributed by atoms with E-state index in [2.05, 4.69) is 10.6 Å². The third kappa shape index (κ3) is 5.06. The van der Waals surface area contributed by atoms with E-state index < -0.39 is 5.60 Å². The van der Waals surface area contributed by atoms with E-state index >= 15 is 0 Å². The first-order valence-electron chi connectivity index (χ1n) is 7.50. The summed E-state index contributed by atoms with van der Waals surface area (Å²) < 4.78 is 5.39. The molecule has 1 heterocycles. The molecule has 0 saturated heterocycles. The van der Waals surface area contributed by atoms with Crippen LogP contribution in [0.3, 0.4) is 0 Å². The predicted molar refractivity (Wildman–Crippen MR) is 92.7 cm³/mol. The van der Waals surface area contributed by atoms with Crippen molar-refractivity contribution in [2.45, 2.75) is 26.1 Å². The molecule has 3 N–H and O–H groups in total. The second-order valence-corrected chi connectivity index (χ2v) is 6.30.